The van der Waals surface area contributed by atoms with Crippen molar-refractivity contribution in [1.29, 1.82) is 0 Å². The van der Waals surface area contributed by atoms with Gasteiger partial charge in [0, 0.05) is 47.6 Å². The Morgan fingerprint density at radius 3 is 2.67 bits per heavy atom. The average molecular weight is 601 g/mol. The number of halogens is 2. The highest BCUT2D eigenvalue weighted by Gasteiger charge is 2.24. The van der Waals surface area contributed by atoms with Gasteiger partial charge in [-0.05, 0) is 43.7 Å². The first-order valence-electron chi connectivity index (χ1n) is 13.9. The zero-order valence-electron chi connectivity index (χ0n) is 23.6. The minimum atomic E-state index is -0.578. The van der Waals surface area contributed by atoms with E-state index in [0.717, 1.165) is 5.56 Å². The molecule has 6 rings (SSSR count). The Morgan fingerprint density at radius 2 is 1.84 bits per heavy atom. The summed E-state index contributed by atoms with van der Waals surface area (Å²) in [4.78, 5) is 18.0. The molecule has 2 atom stereocenters. The standard InChI is InChI=1S/C32H30ClFN6O3/c1-18-37-26-10-5-14-35-30(26)31(38-18)39-25-9-4-6-20(28(25)33)21-7-3-8-22(29(21)34)23-12-11-19(32(40-23)42-2)16-36-24-13-15-43-17-27(24)41/h3-12,14,24,27,36,41H,13,15-17H2,1-2H3,(H,37,38,39)/t24-,27+/m1/s1. The molecule has 0 spiro atoms. The van der Waals surface area contributed by atoms with Crippen molar-refractivity contribution in [3.8, 4) is 28.3 Å². The zero-order valence-corrected chi connectivity index (χ0v) is 24.4. The van der Waals surface area contributed by atoms with Crippen LogP contribution in [0.15, 0.2) is 66.9 Å². The highest BCUT2D eigenvalue weighted by atomic mass is 35.5. The second-order valence-electron chi connectivity index (χ2n) is 10.2. The van der Waals surface area contributed by atoms with Crippen LogP contribution >= 0.6 is 11.6 Å². The highest BCUT2D eigenvalue weighted by Crippen LogP contribution is 2.39. The van der Waals surface area contributed by atoms with E-state index in [1.807, 2.05) is 18.2 Å². The molecule has 9 nitrogen and oxygen atoms in total. The van der Waals surface area contributed by atoms with Gasteiger partial charge in [0.1, 0.15) is 17.2 Å². The lowest BCUT2D eigenvalue weighted by Crippen LogP contribution is -2.46. The van der Waals surface area contributed by atoms with E-state index in [0.29, 0.717) is 87.8 Å². The van der Waals surface area contributed by atoms with Crippen molar-refractivity contribution >= 4 is 34.1 Å². The molecule has 1 saturated heterocycles. The maximum atomic E-state index is 16.2. The van der Waals surface area contributed by atoms with E-state index >= 15 is 4.39 Å². The number of anilines is 2. The van der Waals surface area contributed by atoms with E-state index in [2.05, 4.69) is 30.6 Å². The Bertz CT molecular complexity index is 1790. The minimum Gasteiger partial charge on any atom is -0.481 e. The molecule has 1 fully saturated rings. The van der Waals surface area contributed by atoms with Gasteiger partial charge < -0.3 is 25.2 Å². The minimum absolute atomic E-state index is 0.0874. The van der Waals surface area contributed by atoms with Crippen molar-refractivity contribution in [3.63, 3.8) is 0 Å². The number of rotatable bonds is 8. The van der Waals surface area contributed by atoms with E-state index in [9.17, 15) is 5.11 Å². The summed E-state index contributed by atoms with van der Waals surface area (Å²) in [7, 11) is 1.53. The number of nitrogens with one attached hydrogen (secondary N) is 2. The van der Waals surface area contributed by atoms with Gasteiger partial charge in [0.2, 0.25) is 5.88 Å². The molecule has 5 aromatic rings. The molecule has 220 valence electrons. The molecular weight excluding hydrogens is 571 g/mol. The lowest BCUT2D eigenvalue weighted by atomic mass is 9.99. The van der Waals surface area contributed by atoms with Gasteiger partial charge in [-0.2, -0.15) is 0 Å². The van der Waals surface area contributed by atoms with Crippen LogP contribution in [0.2, 0.25) is 5.02 Å². The average Bonchev–Trinajstić information content (AvgIpc) is 3.02. The first-order chi connectivity index (χ1) is 20.9. The van der Waals surface area contributed by atoms with Gasteiger partial charge in [-0.15, -0.1) is 0 Å². The van der Waals surface area contributed by atoms with E-state index in [-0.39, 0.29) is 6.04 Å². The van der Waals surface area contributed by atoms with Crippen molar-refractivity contribution in [3.05, 3.63) is 89.1 Å². The maximum absolute atomic E-state index is 16.2. The van der Waals surface area contributed by atoms with Crippen molar-refractivity contribution < 1.29 is 19.0 Å². The number of pyridine rings is 2. The Balaban J connectivity index is 1.29. The lowest BCUT2D eigenvalue weighted by molar-refractivity contribution is -0.0281. The van der Waals surface area contributed by atoms with Gasteiger partial charge >= 0.3 is 0 Å². The Kier molecular flexibility index (Phi) is 8.44. The van der Waals surface area contributed by atoms with E-state index < -0.39 is 11.9 Å². The molecule has 2 aromatic carbocycles. The van der Waals surface area contributed by atoms with Gasteiger partial charge in [0.05, 0.1) is 41.7 Å². The monoisotopic (exact) mass is 600 g/mol. The second-order valence-corrected chi connectivity index (χ2v) is 10.6. The van der Waals surface area contributed by atoms with Crippen LogP contribution in [0, 0.1) is 12.7 Å². The zero-order chi connectivity index (χ0) is 29.9. The third-order valence-electron chi connectivity index (χ3n) is 7.40. The number of aryl methyl sites for hydroxylation is 1. The predicted octanol–water partition coefficient (Wildman–Crippen LogP) is 5.85. The number of fused-ring (bicyclic) bond motifs is 1. The molecule has 11 heteroatoms. The number of benzene rings is 2. The molecule has 3 aromatic heterocycles. The molecule has 43 heavy (non-hydrogen) atoms. The van der Waals surface area contributed by atoms with Crippen molar-refractivity contribution in [2.75, 3.05) is 25.6 Å². The summed E-state index contributed by atoms with van der Waals surface area (Å²) in [5.41, 5.74) is 4.23. The summed E-state index contributed by atoms with van der Waals surface area (Å²) in [6.07, 6.45) is 1.80. The van der Waals surface area contributed by atoms with Crippen LogP contribution in [-0.2, 0) is 11.3 Å². The molecule has 4 heterocycles. The number of hydrogen-bond acceptors (Lipinski definition) is 9. The third kappa shape index (κ3) is 6.00. The predicted molar refractivity (Wildman–Crippen MR) is 164 cm³/mol. The van der Waals surface area contributed by atoms with Crippen molar-refractivity contribution in [2.45, 2.75) is 32.0 Å². The van der Waals surface area contributed by atoms with Crippen LogP contribution in [0.4, 0.5) is 15.9 Å². The topological polar surface area (TPSA) is 114 Å². The lowest BCUT2D eigenvalue weighted by Gasteiger charge is -2.28. The van der Waals surface area contributed by atoms with Crippen molar-refractivity contribution in [2.24, 2.45) is 0 Å². The van der Waals surface area contributed by atoms with Gasteiger partial charge in [-0.1, -0.05) is 41.9 Å². The molecule has 0 aliphatic carbocycles. The van der Waals surface area contributed by atoms with Gasteiger partial charge in [0.25, 0.3) is 0 Å². The van der Waals surface area contributed by atoms with Crippen molar-refractivity contribution in [1.82, 2.24) is 25.3 Å². The first kappa shape index (κ1) is 28.9. The molecule has 1 aliphatic rings. The molecule has 0 bridgehead atoms. The summed E-state index contributed by atoms with van der Waals surface area (Å²) in [6, 6.07) is 17.7. The van der Waals surface area contributed by atoms with Crippen LogP contribution in [0.1, 0.15) is 17.8 Å². The SMILES string of the molecule is COc1nc(-c2cccc(-c3cccc(Nc4nc(C)nc5cccnc45)c3Cl)c2F)ccc1CN[C@@H]1CCOC[C@@H]1O. The molecule has 0 saturated carbocycles. The fraction of sp³-hybridized carbons (Fsp3) is 0.250. The summed E-state index contributed by atoms with van der Waals surface area (Å²) in [6.45, 7) is 3.14. The first-order valence-corrected chi connectivity index (χ1v) is 14.3. The Morgan fingerprint density at radius 1 is 1.02 bits per heavy atom. The Labute approximate surface area is 253 Å². The van der Waals surface area contributed by atoms with Gasteiger partial charge in [-0.25, -0.2) is 19.3 Å². The fourth-order valence-electron chi connectivity index (χ4n) is 5.21. The Hall–Kier alpha value is -4.22. The number of nitrogens with zero attached hydrogens (tertiary/aromatic N) is 4. The van der Waals surface area contributed by atoms with E-state index in [4.69, 9.17) is 21.1 Å². The molecule has 0 radical (unpaired) electrons. The van der Waals surface area contributed by atoms with Crippen LogP contribution < -0.4 is 15.4 Å². The fourth-order valence-corrected chi connectivity index (χ4v) is 5.48. The number of aliphatic hydroxyl groups excluding tert-OH is 1. The molecule has 1 aliphatic heterocycles. The number of aliphatic hydroxyl groups is 1. The van der Waals surface area contributed by atoms with Crippen LogP contribution in [0.25, 0.3) is 33.4 Å². The number of hydrogen-bond donors (Lipinski definition) is 3. The number of methoxy groups -OCH3 is 1. The van der Waals surface area contributed by atoms with Crippen LogP contribution in [-0.4, -0.2) is 57.5 Å². The molecular formula is C32H30ClFN6O3. The summed E-state index contributed by atoms with van der Waals surface area (Å²) in [5.74, 6) is 1.01. The molecule has 0 amide bonds. The summed E-state index contributed by atoms with van der Waals surface area (Å²) in [5, 5.41) is 17.1. The van der Waals surface area contributed by atoms with Crippen LogP contribution in [0.3, 0.4) is 0 Å². The van der Waals surface area contributed by atoms with Crippen LogP contribution in [0.5, 0.6) is 5.88 Å². The number of ether oxygens (including phenoxy) is 2. The normalized spacial score (nSPS) is 16.8. The summed E-state index contributed by atoms with van der Waals surface area (Å²) >= 11 is 6.87. The third-order valence-corrected chi connectivity index (χ3v) is 7.80. The highest BCUT2D eigenvalue weighted by molar-refractivity contribution is 6.36. The second kappa shape index (κ2) is 12.6. The van der Waals surface area contributed by atoms with Gasteiger partial charge in [0.15, 0.2) is 5.82 Å². The molecule has 3 N–H and O–H groups in total. The summed E-state index contributed by atoms with van der Waals surface area (Å²) < 4.78 is 27.0. The number of aromatic nitrogens is 4. The van der Waals surface area contributed by atoms with E-state index in [1.165, 1.54) is 7.11 Å². The quantitative estimate of drug-likeness (QED) is 0.202. The maximum Gasteiger partial charge on any atom is 0.218 e. The van der Waals surface area contributed by atoms with E-state index in [1.54, 1.807) is 55.6 Å². The molecule has 0 unspecified atom stereocenters. The largest absolute Gasteiger partial charge is 0.481 e. The van der Waals surface area contributed by atoms with Gasteiger partial charge in [-0.3, -0.25) is 4.98 Å². The smallest absolute Gasteiger partial charge is 0.218 e.